The average molecular weight is 370 g/mol. The molecule has 0 heterocycles. The second-order valence-corrected chi connectivity index (χ2v) is 6.09. The van der Waals surface area contributed by atoms with Crippen LogP contribution in [0.4, 0.5) is 5.69 Å². The van der Waals surface area contributed by atoms with Crippen molar-refractivity contribution in [1.29, 1.82) is 0 Å². The van der Waals surface area contributed by atoms with Crippen LogP contribution in [-0.4, -0.2) is 30.0 Å². The zero-order valence-corrected chi connectivity index (χ0v) is 15.4. The molecule has 7 heteroatoms. The lowest BCUT2D eigenvalue weighted by Crippen LogP contribution is -2.35. The minimum atomic E-state index is -1.02. The SMILES string of the molecule is Cc1cccc(O[C@H](C)C(=O)O[C@@H](C)C(=O)Nc2ccc(C(N)=O)cc2)c1. The Morgan fingerprint density at radius 2 is 1.67 bits per heavy atom. The molecule has 0 fully saturated rings. The number of aryl methyl sites for hydroxylation is 1. The number of carbonyl (C=O) groups excluding carboxylic acids is 3. The van der Waals surface area contributed by atoms with Gasteiger partial charge in [-0.3, -0.25) is 9.59 Å². The fraction of sp³-hybridized carbons (Fsp3) is 0.250. The zero-order valence-electron chi connectivity index (χ0n) is 15.4. The highest BCUT2D eigenvalue weighted by Gasteiger charge is 2.23. The van der Waals surface area contributed by atoms with E-state index in [1.54, 1.807) is 19.1 Å². The highest BCUT2D eigenvalue weighted by atomic mass is 16.6. The largest absolute Gasteiger partial charge is 0.479 e. The number of esters is 1. The molecule has 0 aromatic heterocycles. The first-order valence-electron chi connectivity index (χ1n) is 8.41. The van der Waals surface area contributed by atoms with E-state index in [0.29, 0.717) is 17.0 Å². The fourth-order valence-electron chi connectivity index (χ4n) is 2.23. The first-order chi connectivity index (χ1) is 12.8. The van der Waals surface area contributed by atoms with E-state index in [0.717, 1.165) is 5.56 Å². The third kappa shape index (κ3) is 5.85. The van der Waals surface area contributed by atoms with Gasteiger partial charge in [0.25, 0.3) is 5.91 Å². The average Bonchev–Trinajstić information content (AvgIpc) is 2.62. The Balaban J connectivity index is 1.88. The van der Waals surface area contributed by atoms with Crippen LogP contribution in [0.15, 0.2) is 48.5 Å². The van der Waals surface area contributed by atoms with Crippen LogP contribution in [0.3, 0.4) is 0 Å². The summed E-state index contributed by atoms with van der Waals surface area (Å²) in [5.74, 6) is -1.16. The number of hydrogen-bond donors (Lipinski definition) is 2. The number of ether oxygens (including phenoxy) is 2. The number of amides is 2. The molecule has 2 rings (SSSR count). The summed E-state index contributed by atoms with van der Waals surface area (Å²) in [6.45, 7) is 4.93. The molecule has 0 bridgehead atoms. The molecule has 2 amide bonds. The highest BCUT2D eigenvalue weighted by molar-refractivity contribution is 5.96. The van der Waals surface area contributed by atoms with Gasteiger partial charge in [0, 0.05) is 11.3 Å². The Hall–Kier alpha value is -3.35. The van der Waals surface area contributed by atoms with Crippen molar-refractivity contribution in [3.8, 4) is 5.75 Å². The normalized spacial score (nSPS) is 12.6. The number of benzene rings is 2. The van der Waals surface area contributed by atoms with Crippen LogP contribution >= 0.6 is 0 Å². The van der Waals surface area contributed by atoms with Gasteiger partial charge in [0.15, 0.2) is 12.2 Å². The molecule has 0 spiro atoms. The molecule has 0 saturated carbocycles. The topological polar surface area (TPSA) is 108 Å². The van der Waals surface area contributed by atoms with Crippen molar-refractivity contribution >= 4 is 23.5 Å². The second kappa shape index (κ2) is 8.84. The number of hydrogen-bond acceptors (Lipinski definition) is 5. The molecular formula is C20H22N2O5. The van der Waals surface area contributed by atoms with Crippen molar-refractivity contribution in [2.24, 2.45) is 5.73 Å². The summed E-state index contributed by atoms with van der Waals surface area (Å²) in [5, 5.41) is 2.60. The van der Waals surface area contributed by atoms with E-state index in [4.69, 9.17) is 15.2 Å². The molecule has 0 aliphatic rings. The Bertz CT molecular complexity index is 833. The highest BCUT2D eigenvalue weighted by Crippen LogP contribution is 2.15. The number of anilines is 1. The first-order valence-corrected chi connectivity index (χ1v) is 8.41. The zero-order chi connectivity index (χ0) is 20.0. The number of primary amides is 1. The maximum atomic E-state index is 12.2. The van der Waals surface area contributed by atoms with E-state index < -0.39 is 30.0 Å². The van der Waals surface area contributed by atoms with Crippen LogP contribution in [0.5, 0.6) is 5.75 Å². The predicted molar refractivity (Wildman–Crippen MR) is 100 cm³/mol. The molecule has 2 atom stereocenters. The Morgan fingerprint density at radius 1 is 1.00 bits per heavy atom. The van der Waals surface area contributed by atoms with Crippen LogP contribution in [0, 0.1) is 6.92 Å². The molecule has 0 unspecified atom stereocenters. The van der Waals surface area contributed by atoms with E-state index in [1.807, 2.05) is 19.1 Å². The number of nitrogens with one attached hydrogen (secondary N) is 1. The molecule has 0 radical (unpaired) electrons. The van der Waals surface area contributed by atoms with Crippen LogP contribution < -0.4 is 15.8 Å². The van der Waals surface area contributed by atoms with E-state index in [1.165, 1.54) is 31.2 Å². The quantitative estimate of drug-likeness (QED) is 0.728. The Kier molecular flexibility index (Phi) is 6.54. The fourth-order valence-corrected chi connectivity index (χ4v) is 2.23. The lowest BCUT2D eigenvalue weighted by molar-refractivity contribution is -0.159. The molecular weight excluding hydrogens is 348 g/mol. The van der Waals surface area contributed by atoms with Crippen LogP contribution in [0.2, 0.25) is 0 Å². The molecule has 0 aliphatic heterocycles. The van der Waals surface area contributed by atoms with Crippen molar-refractivity contribution in [1.82, 2.24) is 0 Å². The minimum absolute atomic E-state index is 0.328. The molecule has 2 aromatic carbocycles. The van der Waals surface area contributed by atoms with Crippen LogP contribution in [-0.2, 0) is 14.3 Å². The van der Waals surface area contributed by atoms with Gasteiger partial charge in [-0.15, -0.1) is 0 Å². The van der Waals surface area contributed by atoms with Gasteiger partial charge in [0.2, 0.25) is 5.91 Å². The molecule has 2 aromatic rings. The minimum Gasteiger partial charge on any atom is -0.479 e. The van der Waals surface area contributed by atoms with E-state index in [2.05, 4.69) is 5.32 Å². The van der Waals surface area contributed by atoms with Crippen molar-refractivity contribution in [3.63, 3.8) is 0 Å². The predicted octanol–water partition coefficient (Wildman–Crippen LogP) is 2.43. The first kappa shape index (κ1) is 20.0. The molecule has 7 nitrogen and oxygen atoms in total. The van der Waals surface area contributed by atoms with Gasteiger partial charge in [0.05, 0.1) is 0 Å². The van der Waals surface area contributed by atoms with Crippen LogP contribution in [0.25, 0.3) is 0 Å². The van der Waals surface area contributed by atoms with Crippen molar-refractivity contribution < 1.29 is 23.9 Å². The third-order valence-electron chi connectivity index (χ3n) is 3.73. The molecule has 142 valence electrons. The summed E-state index contributed by atoms with van der Waals surface area (Å²) >= 11 is 0. The van der Waals surface area contributed by atoms with Crippen molar-refractivity contribution in [2.45, 2.75) is 33.0 Å². The van der Waals surface area contributed by atoms with E-state index in [9.17, 15) is 14.4 Å². The van der Waals surface area contributed by atoms with Gasteiger partial charge < -0.3 is 20.5 Å². The number of rotatable bonds is 7. The summed E-state index contributed by atoms with van der Waals surface area (Å²) in [5.41, 5.74) is 6.95. The number of nitrogens with two attached hydrogens (primary N) is 1. The summed E-state index contributed by atoms with van der Waals surface area (Å²) in [7, 11) is 0. The summed E-state index contributed by atoms with van der Waals surface area (Å²) < 4.78 is 10.7. The van der Waals surface area contributed by atoms with Gasteiger partial charge in [-0.1, -0.05) is 12.1 Å². The Morgan fingerprint density at radius 3 is 2.26 bits per heavy atom. The van der Waals surface area contributed by atoms with E-state index >= 15 is 0 Å². The van der Waals surface area contributed by atoms with Gasteiger partial charge in [-0.25, -0.2) is 4.79 Å². The van der Waals surface area contributed by atoms with Gasteiger partial charge in [-0.2, -0.15) is 0 Å². The summed E-state index contributed by atoms with van der Waals surface area (Å²) in [4.78, 5) is 35.4. The Labute approximate surface area is 157 Å². The van der Waals surface area contributed by atoms with E-state index in [-0.39, 0.29) is 0 Å². The maximum Gasteiger partial charge on any atom is 0.347 e. The second-order valence-electron chi connectivity index (χ2n) is 6.09. The number of carbonyl (C=O) groups is 3. The molecule has 0 saturated heterocycles. The lowest BCUT2D eigenvalue weighted by Gasteiger charge is -2.18. The lowest BCUT2D eigenvalue weighted by atomic mass is 10.2. The molecule has 27 heavy (non-hydrogen) atoms. The molecule has 0 aliphatic carbocycles. The van der Waals surface area contributed by atoms with Gasteiger partial charge >= 0.3 is 5.97 Å². The smallest absolute Gasteiger partial charge is 0.347 e. The van der Waals surface area contributed by atoms with Crippen molar-refractivity contribution in [2.75, 3.05) is 5.32 Å². The monoisotopic (exact) mass is 370 g/mol. The standard InChI is InChI=1S/C20H22N2O5/c1-12-5-4-6-17(11-12)26-14(3)20(25)27-13(2)19(24)22-16-9-7-15(8-10-16)18(21)23/h4-11,13-14H,1-3H3,(H2,21,23)(H,22,24)/t13-,14+/m0/s1. The van der Waals surface area contributed by atoms with Gasteiger partial charge in [0.1, 0.15) is 5.75 Å². The van der Waals surface area contributed by atoms with Crippen molar-refractivity contribution in [3.05, 3.63) is 59.7 Å². The van der Waals surface area contributed by atoms with Crippen LogP contribution in [0.1, 0.15) is 29.8 Å². The van der Waals surface area contributed by atoms with Gasteiger partial charge in [-0.05, 0) is 62.7 Å². The summed E-state index contributed by atoms with van der Waals surface area (Å²) in [6.07, 6.45) is -1.88. The molecule has 3 N–H and O–H groups in total. The third-order valence-corrected chi connectivity index (χ3v) is 3.73. The summed E-state index contributed by atoms with van der Waals surface area (Å²) in [6, 6.07) is 13.3. The maximum absolute atomic E-state index is 12.2.